The average molecular weight is 435 g/mol. The van der Waals surface area contributed by atoms with Gasteiger partial charge in [-0.3, -0.25) is 9.59 Å². The van der Waals surface area contributed by atoms with Gasteiger partial charge in [0.25, 0.3) is 0 Å². The van der Waals surface area contributed by atoms with Crippen LogP contribution in [0.2, 0.25) is 0 Å². The van der Waals surface area contributed by atoms with E-state index in [-0.39, 0.29) is 23.9 Å². The van der Waals surface area contributed by atoms with Gasteiger partial charge in [-0.25, -0.2) is 0 Å². The molecule has 8 atom stereocenters. The van der Waals surface area contributed by atoms with Gasteiger partial charge in [0, 0.05) is 12.8 Å². The fraction of sp³-hybridized carbons (Fsp3) is 0.923. The number of carbonyl (C=O) groups excluding carboxylic acids is 2. The molecule has 4 aliphatic carbocycles. The lowest BCUT2D eigenvalue weighted by atomic mass is 9.44. The van der Waals surface area contributed by atoms with Crippen LogP contribution in [-0.2, 0) is 19.1 Å². The number of rotatable bonds is 6. The summed E-state index contributed by atoms with van der Waals surface area (Å²) in [5.41, 5.74) is -0.257. The highest BCUT2D eigenvalue weighted by Crippen LogP contribution is 2.68. The second kappa shape index (κ2) is 8.44. The number of hydrogen-bond acceptors (Lipinski definition) is 5. The van der Waals surface area contributed by atoms with Gasteiger partial charge in [0.1, 0.15) is 12.4 Å². The summed E-state index contributed by atoms with van der Waals surface area (Å²) in [6.45, 7) is 9.02. The minimum atomic E-state index is -0.760. The molecule has 0 radical (unpaired) electrons. The quantitative estimate of drug-likeness (QED) is 0.491. The van der Waals surface area contributed by atoms with Crippen LogP contribution < -0.4 is 0 Å². The zero-order valence-electron chi connectivity index (χ0n) is 20.0. The van der Waals surface area contributed by atoms with E-state index in [1.54, 1.807) is 6.92 Å². The molecule has 0 aromatic heterocycles. The fourth-order valence-electron chi connectivity index (χ4n) is 8.63. The first kappa shape index (κ1) is 23.2. The molecular formula is C26H42O5. The van der Waals surface area contributed by atoms with Gasteiger partial charge in [0.2, 0.25) is 0 Å². The lowest BCUT2D eigenvalue weighted by Gasteiger charge is -2.62. The van der Waals surface area contributed by atoms with Crippen molar-refractivity contribution < 1.29 is 24.2 Å². The molecule has 0 aromatic rings. The van der Waals surface area contributed by atoms with Gasteiger partial charge in [-0.2, -0.15) is 0 Å². The maximum atomic E-state index is 12.3. The molecule has 0 aliphatic heterocycles. The van der Waals surface area contributed by atoms with Crippen LogP contribution in [-0.4, -0.2) is 42.3 Å². The molecule has 2 unspecified atom stereocenters. The van der Waals surface area contributed by atoms with Crippen molar-refractivity contribution in [1.29, 1.82) is 0 Å². The molecule has 0 aromatic carbocycles. The molecule has 0 amide bonds. The van der Waals surface area contributed by atoms with Crippen LogP contribution in [0.15, 0.2) is 0 Å². The standard InChI is InChI=1S/C26H42O5/c1-17(27)21-7-8-22-20-6-5-19-15-26(29,16-30-13-14-31-18(2)28)12-11-24(19,3)23(20)9-10-25(21,22)4/h19-23,29H,5-16H2,1-4H3/t19?,20-,21+,22-,23-,24-,25+,26?/m0/s1. The number of carbonyl (C=O) groups is 2. The topological polar surface area (TPSA) is 72.8 Å². The molecule has 0 bridgehead atoms. The number of aliphatic hydroxyl groups is 1. The number of ketones is 1. The molecule has 4 fully saturated rings. The average Bonchev–Trinajstić information content (AvgIpc) is 3.06. The van der Waals surface area contributed by atoms with Crippen LogP contribution in [0.3, 0.4) is 0 Å². The summed E-state index contributed by atoms with van der Waals surface area (Å²) in [6.07, 6.45) is 9.84. The van der Waals surface area contributed by atoms with Crippen LogP contribution in [0.25, 0.3) is 0 Å². The molecule has 0 saturated heterocycles. The van der Waals surface area contributed by atoms with Gasteiger partial charge in [0.15, 0.2) is 0 Å². The SMILES string of the molecule is CC(=O)OCCOCC1(O)CC[C@@]2(C)C(CC[C@H]3[C@@H]4CC[C@H](C(C)=O)[C@@]4(C)CC[C@@H]32)C1. The second-order valence-corrected chi connectivity index (χ2v) is 11.8. The predicted molar refractivity (Wildman–Crippen MR) is 118 cm³/mol. The van der Waals surface area contributed by atoms with Crippen LogP contribution >= 0.6 is 0 Å². The highest BCUT2D eigenvalue weighted by molar-refractivity contribution is 5.79. The normalized spacial score (nSPS) is 46.5. The van der Waals surface area contributed by atoms with E-state index >= 15 is 0 Å². The van der Waals surface area contributed by atoms with E-state index in [9.17, 15) is 14.7 Å². The third-order valence-corrected chi connectivity index (χ3v) is 10.2. The summed E-state index contributed by atoms with van der Waals surface area (Å²) in [6, 6.07) is 0. The molecule has 5 nitrogen and oxygen atoms in total. The van der Waals surface area contributed by atoms with Crippen molar-refractivity contribution in [3.8, 4) is 0 Å². The van der Waals surface area contributed by atoms with E-state index in [1.165, 1.54) is 39.0 Å². The Kier molecular flexibility index (Phi) is 6.33. The van der Waals surface area contributed by atoms with E-state index in [4.69, 9.17) is 9.47 Å². The van der Waals surface area contributed by atoms with Crippen molar-refractivity contribution in [2.45, 2.75) is 91.1 Å². The van der Waals surface area contributed by atoms with Crippen molar-refractivity contribution in [2.75, 3.05) is 19.8 Å². The van der Waals surface area contributed by atoms with Gasteiger partial charge >= 0.3 is 5.97 Å². The Morgan fingerprint density at radius 2 is 1.65 bits per heavy atom. The molecule has 176 valence electrons. The zero-order valence-corrected chi connectivity index (χ0v) is 20.0. The van der Waals surface area contributed by atoms with Gasteiger partial charge in [0.05, 0.1) is 18.8 Å². The monoisotopic (exact) mass is 434 g/mol. The smallest absolute Gasteiger partial charge is 0.302 e. The van der Waals surface area contributed by atoms with E-state index in [2.05, 4.69) is 13.8 Å². The maximum absolute atomic E-state index is 12.3. The van der Waals surface area contributed by atoms with E-state index in [0.717, 1.165) is 37.5 Å². The van der Waals surface area contributed by atoms with Gasteiger partial charge in [-0.1, -0.05) is 13.8 Å². The van der Waals surface area contributed by atoms with Gasteiger partial charge < -0.3 is 14.6 Å². The largest absolute Gasteiger partial charge is 0.463 e. The molecule has 31 heavy (non-hydrogen) atoms. The Balaban J connectivity index is 1.40. The second-order valence-electron chi connectivity index (χ2n) is 11.8. The molecule has 5 heteroatoms. The number of fused-ring (bicyclic) bond motifs is 5. The molecule has 1 N–H and O–H groups in total. The summed E-state index contributed by atoms with van der Waals surface area (Å²) in [5.74, 6) is 3.08. The first-order valence-corrected chi connectivity index (χ1v) is 12.5. The van der Waals surface area contributed by atoms with E-state index in [0.29, 0.717) is 36.2 Å². The highest BCUT2D eigenvalue weighted by Gasteiger charge is 2.61. The Morgan fingerprint density at radius 3 is 2.35 bits per heavy atom. The highest BCUT2D eigenvalue weighted by atomic mass is 16.6. The summed E-state index contributed by atoms with van der Waals surface area (Å²) in [4.78, 5) is 23.2. The molecule has 0 heterocycles. The Labute approximate surface area is 187 Å². The van der Waals surface area contributed by atoms with Gasteiger partial charge in [-0.15, -0.1) is 0 Å². The number of Topliss-reactive ketones (excluding diaryl/α,β-unsaturated/α-hetero) is 1. The lowest BCUT2D eigenvalue weighted by Crippen LogP contribution is -2.56. The van der Waals surface area contributed by atoms with Crippen LogP contribution in [0, 0.1) is 40.4 Å². The van der Waals surface area contributed by atoms with Crippen LogP contribution in [0.1, 0.15) is 85.5 Å². The third-order valence-electron chi connectivity index (χ3n) is 10.2. The third kappa shape index (κ3) is 4.10. The van der Waals surface area contributed by atoms with Crippen molar-refractivity contribution in [3.05, 3.63) is 0 Å². The Bertz CT molecular complexity index is 706. The number of hydrogen-bond donors (Lipinski definition) is 1. The summed E-state index contributed by atoms with van der Waals surface area (Å²) in [7, 11) is 0. The lowest BCUT2D eigenvalue weighted by molar-refractivity contribution is -0.168. The van der Waals surface area contributed by atoms with Crippen molar-refractivity contribution in [3.63, 3.8) is 0 Å². The zero-order chi connectivity index (χ0) is 22.4. The molecule has 0 spiro atoms. The van der Waals surface area contributed by atoms with Crippen LogP contribution in [0.5, 0.6) is 0 Å². The van der Waals surface area contributed by atoms with E-state index in [1.807, 2.05) is 0 Å². The number of ether oxygens (including phenoxy) is 2. The maximum Gasteiger partial charge on any atom is 0.302 e. The van der Waals surface area contributed by atoms with Crippen molar-refractivity contribution in [1.82, 2.24) is 0 Å². The summed E-state index contributed by atoms with van der Waals surface area (Å²) < 4.78 is 10.6. The first-order chi connectivity index (χ1) is 14.6. The van der Waals surface area contributed by atoms with Crippen molar-refractivity contribution >= 4 is 11.8 Å². The van der Waals surface area contributed by atoms with E-state index < -0.39 is 5.60 Å². The summed E-state index contributed by atoms with van der Waals surface area (Å²) in [5, 5.41) is 11.2. The number of esters is 1. The molecule has 4 saturated carbocycles. The van der Waals surface area contributed by atoms with Crippen LogP contribution in [0.4, 0.5) is 0 Å². The first-order valence-electron chi connectivity index (χ1n) is 12.5. The van der Waals surface area contributed by atoms with Crippen molar-refractivity contribution in [2.24, 2.45) is 40.4 Å². The fourth-order valence-corrected chi connectivity index (χ4v) is 8.63. The Morgan fingerprint density at radius 1 is 0.903 bits per heavy atom. The Hall–Kier alpha value is -0.940. The minimum absolute atomic E-state index is 0.210. The molecule has 4 aliphatic rings. The van der Waals surface area contributed by atoms with Gasteiger partial charge in [-0.05, 0) is 99.2 Å². The summed E-state index contributed by atoms with van der Waals surface area (Å²) >= 11 is 0. The molecule has 4 rings (SSSR count). The predicted octanol–water partition coefficient (Wildman–Crippen LogP) is 4.55. The molecular weight excluding hydrogens is 392 g/mol. The minimum Gasteiger partial charge on any atom is -0.463 e.